The van der Waals surface area contributed by atoms with Gasteiger partial charge in [0.2, 0.25) is 0 Å². The number of hydrogen-bond acceptors (Lipinski definition) is 4. The van der Waals surface area contributed by atoms with Crippen molar-refractivity contribution in [3.8, 4) is 0 Å². The first-order valence-electron chi connectivity index (χ1n) is 6.12. The number of nitrogens with two attached hydrogens (primary N) is 1. The van der Waals surface area contributed by atoms with Crippen molar-refractivity contribution < 1.29 is 8.42 Å². The lowest BCUT2D eigenvalue weighted by Gasteiger charge is -2.12. The van der Waals surface area contributed by atoms with Crippen LogP contribution in [0.3, 0.4) is 0 Å². The third-order valence-electron chi connectivity index (χ3n) is 3.09. The Morgan fingerprint density at radius 2 is 1.85 bits per heavy atom. The van der Waals surface area contributed by atoms with E-state index in [0.717, 1.165) is 11.1 Å². The summed E-state index contributed by atoms with van der Waals surface area (Å²) in [5.74, 6) is 0.296. The van der Waals surface area contributed by atoms with Gasteiger partial charge in [0.25, 0.3) is 10.0 Å². The third kappa shape index (κ3) is 2.91. The number of nitrogen functional groups attached to an aromatic ring is 1. The predicted octanol–water partition coefficient (Wildman–Crippen LogP) is 2.39. The molecule has 0 radical (unpaired) electrons. The van der Waals surface area contributed by atoms with E-state index in [9.17, 15) is 8.42 Å². The minimum Gasteiger partial charge on any atom is -0.399 e. The molecule has 3 N–H and O–H groups in total. The zero-order valence-electron chi connectivity index (χ0n) is 11.6. The highest BCUT2D eigenvalue weighted by Gasteiger charge is 2.19. The summed E-state index contributed by atoms with van der Waals surface area (Å²) in [6.07, 6.45) is 1.56. The summed E-state index contributed by atoms with van der Waals surface area (Å²) in [7, 11) is -3.70. The number of nitrogens with zero attached hydrogens (tertiary/aromatic N) is 1. The summed E-state index contributed by atoms with van der Waals surface area (Å²) in [5, 5.41) is 0. The minimum atomic E-state index is -3.70. The number of benzene rings is 1. The number of nitrogens with one attached hydrogen (secondary N) is 1. The highest BCUT2D eigenvalue weighted by Crippen LogP contribution is 2.24. The van der Waals surface area contributed by atoms with Crippen LogP contribution in [0.2, 0.25) is 0 Å². The maximum absolute atomic E-state index is 12.4. The number of aromatic nitrogens is 1. The zero-order valence-corrected chi connectivity index (χ0v) is 12.5. The van der Waals surface area contributed by atoms with E-state index in [4.69, 9.17) is 5.73 Å². The summed E-state index contributed by atoms with van der Waals surface area (Å²) in [4.78, 5) is 4.18. The van der Waals surface area contributed by atoms with Crippen LogP contribution >= 0.6 is 0 Å². The molecule has 1 aromatic heterocycles. The molecule has 0 aliphatic carbocycles. The zero-order chi connectivity index (χ0) is 14.9. The fraction of sp³-hybridized carbons (Fsp3) is 0.214. The molecule has 5 nitrogen and oxygen atoms in total. The molecule has 20 heavy (non-hydrogen) atoms. The van der Waals surface area contributed by atoms with Crippen molar-refractivity contribution in [1.82, 2.24) is 4.98 Å². The third-order valence-corrected chi connectivity index (χ3v) is 4.57. The molecule has 2 aromatic rings. The molecule has 0 amide bonds. The number of aryl methyl sites for hydroxylation is 2. The van der Waals surface area contributed by atoms with Gasteiger partial charge in [0.15, 0.2) is 0 Å². The molecule has 0 atom stereocenters. The van der Waals surface area contributed by atoms with Crippen molar-refractivity contribution >= 4 is 21.5 Å². The normalized spacial score (nSPS) is 11.3. The van der Waals surface area contributed by atoms with Crippen LogP contribution in [0.1, 0.15) is 16.7 Å². The summed E-state index contributed by atoms with van der Waals surface area (Å²) in [6.45, 7) is 5.46. The molecule has 0 aliphatic heterocycles. The molecule has 0 spiro atoms. The molecular formula is C14H17N3O2S. The lowest BCUT2D eigenvalue weighted by atomic mass is 10.1. The Bertz CT molecular complexity index is 755. The lowest BCUT2D eigenvalue weighted by molar-refractivity contribution is 0.600. The second kappa shape index (κ2) is 5.13. The van der Waals surface area contributed by atoms with Crippen molar-refractivity contribution in [2.75, 3.05) is 10.5 Å². The number of sulfonamides is 1. The molecule has 0 fully saturated rings. The number of anilines is 2. The van der Waals surface area contributed by atoms with Crippen LogP contribution in [0.25, 0.3) is 0 Å². The second-order valence-electron chi connectivity index (χ2n) is 4.78. The monoisotopic (exact) mass is 291 g/mol. The van der Waals surface area contributed by atoms with Gasteiger partial charge in [-0.05, 0) is 61.7 Å². The van der Waals surface area contributed by atoms with Crippen molar-refractivity contribution in [1.29, 1.82) is 0 Å². The topological polar surface area (TPSA) is 85.1 Å². The van der Waals surface area contributed by atoms with Crippen LogP contribution in [-0.4, -0.2) is 13.4 Å². The van der Waals surface area contributed by atoms with Crippen LogP contribution in [-0.2, 0) is 10.0 Å². The van der Waals surface area contributed by atoms with Gasteiger partial charge >= 0.3 is 0 Å². The molecule has 1 heterocycles. The summed E-state index contributed by atoms with van der Waals surface area (Å²) < 4.78 is 27.3. The minimum absolute atomic E-state index is 0.179. The second-order valence-corrected chi connectivity index (χ2v) is 6.44. The van der Waals surface area contributed by atoms with Crippen LogP contribution in [0.15, 0.2) is 35.4 Å². The number of hydrogen-bond donors (Lipinski definition) is 2. The van der Waals surface area contributed by atoms with E-state index < -0.39 is 10.0 Å². The Balaban J connectivity index is 2.46. The molecule has 106 valence electrons. The maximum atomic E-state index is 12.4. The van der Waals surface area contributed by atoms with E-state index >= 15 is 0 Å². The van der Waals surface area contributed by atoms with E-state index in [0.29, 0.717) is 17.1 Å². The quantitative estimate of drug-likeness (QED) is 0.850. The SMILES string of the molecule is Cc1ccnc(NS(=O)(=O)c2cc(N)cc(C)c2C)c1. The Kier molecular flexibility index (Phi) is 3.67. The largest absolute Gasteiger partial charge is 0.399 e. The van der Waals surface area contributed by atoms with Gasteiger partial charge in [0.05, 0.1) is 4.90 Å². The van der Waals surface area contributed by atoms with Crippen molar-refractivity contribution in [2.24, 2.45) is 0 Å². The van der Waals surface area contributed by atoms with Gasteiger partial charge in [-0.15, -0.1) is 0 Å². The summed E-state index contributed by atoms with van der Waals surface area (Å²) in [5.41, 5.74) is 8.60. The van der Waals surface area contributed by atoms with Crippen molar-refractivity contribution in [2.45, 2.75) is 25.7 Å². The fourth-order valence-electron chi connectivity index (χ4n) is 1.92. The summed E-state index contributed by atoms with van der Waals surface area (Å²) in [6, 6.07) is 6.68. The standard InChI is InChI=1S/C14H17N3O2S/c1-9-4-5-16-14(6-9)17-20(18,19)13-8-12(15)7-10(2)11(13)3/h4-8H,15H2,1-3H3,(H,16,17). The smallest absolute Gasteiger partial charge is 0.263 e. The van der Waals surface area contributed by atoms with Gasteiger partial charge in [0, 0.05) is 11.9 Å². The van der Waals surface area contributed by atoms with E-state index in [2.05, 4.69) is 9.71 Å². The van der Waals surface area contributed by atoms with Crippen molar-refractivity contribution in [3.63, 3.8) is 0 Å². The van der Waals surface area contributed by atoms with Gasteiger partial charge in [-0.3, -0.25) is 4.72 Å². The van der Waals surface area contributed by atoms with Gasteiger partial charge < -0.3 is 5.73 Å². The van der Waals surface area contributed by atoms with Gasteiger partial charge in [0.1, 0.15) is 5.82 Å². The first-order valence-corrected chi connectivity index (χ1v) is 7.60. The Hall–Kier alpha value is -2.08. The molecule has 0 saturated heterocycles. The fourth-order valence-corrected chi connectivity index (χ4v) is 3.27. The van der Waals surface area contributed by atoms with Crippen LogP contribution in [0.5, 0.6) is 0 Å². The summed E-state index contributed by atoms with van der Waals surface area (Å²) >= 11 is 0. The average molecular weight is 291 g/mol. The number of pyridine rings is 1. The highest BCUT2D eigenvalue weighted by atomic mass is 32.2. The van der Waals surface area contributed by atoms with E-state index in [1.54, 1.807) is 31.3 Å². The maximum Gasteiger partial charge on any atom is 0.263 e. The molecule has 1 aromatic carbocycles. The van der Waals surface area contributed by atoms with Crippen LogP contribution < -0.4 is 10.5 Å². The molecule has 0 aliphatic rings. The first-order chi connectivity index (χ1) is 9.29. The van der Waals surface area contributed by atoms with Gasteiger partial charge in [-0.2, -0.15) is 0 Å². The first kappa shape index (κ1) is 14.3. The average Bonchev–Trinajstić information content (AvgIpc) is 2.33. The Labute approximate surface area is 118 Å². The highest BCUT2D eigenvalue weighted by molar-refractivity contribution is 7.92. The molecule has 2 rings (SSSR count). The van der Waals surface area contributed by atoms with E-state index in [1.807, 2.05) is 13.8 Å². The van der Waals surface area contributed by atoms with Gasteiger partial charge in [-0.25, -0.2) is 13.4 Å². The van der Waals surface area contributed by atoms with Crippen LogP contribution in [0.4, 0.5) is 11.5 Å². The Morgan fingerprint density at radius 3 is 2.50 bits per heavy atom. The van der Waals surface area contributed by atoms with E-state index in [1.165, 1.54) is 6.07 Å². The van der Waals surface area contributed by atoms with Crippen LogP contribution in [0, 0.1) is 20.8 Å². The molecule has 0 unspecified atom stereocenters. The molecule has 0 saturated carbocycles. The molecule has 6 heteroatoms. The number of rotatable bonds is 3. The lowest BCUT2D eigenvalue weighted by Crippen LogP contribution is -2.16. The Morgan fingerprint density at radius 1 is 1.15 bits per heavy atom. The molecule has 0 bridgehead atoms. The van der Waals surface area contributed by atoms with Gasteiger partial charge in [-0.1, -0.05) is 0 Å². The predicted molar refractivity (Wildman–Crippen MR) is 80.1 cm³/mol. The molecular weight excluding hydrogens is 274 g/mol. The van der Waals surface area contributed by atoms with E-state index in [-0.39, 0.29) is 4.90 Å². The van der Waals surface area contributed by atoms with Crippen molar-refractivity contribution in [3.05, 3.63) is 47.2 Å².